The standard InChI is InChI=1S/C78H126/c1-7-21-49(22-8-1)69-70(50-23-9-2-10-24-50)74(54-31-17-6-18-32-54)78-76(64-48-44-60-40-38-56-34-20-36-58-42-46-62(64)68(60)66(56)58)72(52-27-13-4-14-28-52)71(51-25-11-3-12-26-51)75(77(78)73(69)53-29-15-5-16-30-53)63-47-43-59-39-37-55-33-19-35-57-41-45-61(63)67(59)65(55)57/h49-78H,1-48H2. The Hall–Kier alpha value is 0. The van der Waals surface area contributed by atoms with Crippen LogP contribution >= 0.6 is 0 Å². The van der Waals surface area contributed by atoms with Gasteiger partial charge in [0.25, 0.3) is 0 Å². The van der Waals surface area contributed by atoms with Crippen molar-refractivity contribution in [2.75, 3.05) is 0 Å². The van der Waals surface area contributed by atoms with Crippen LogP contribution in [-0.2, 0) is 0 Å². The third kappa shape index (κ3) is 9.33. The fraction of sp³-hybridized carbons (Fsp3) is 1.00. The molecule has 16 aliphatic carbocycles. The van der Waals surface area contributed by atoms with Gasteiger partial charge in [-0.25, -0.2) is 0 Å². The molecule has 24 atom stereocenters. The molecule has 0 aliphatic heterocycles. The van der Waals surface area contributed by atoms with Crippen LogP contribution in [0.25, 0.3) is 0 Å². The average Bonchev–Trinajstić information content (AvgIpc) is 2.59. The molecule has 0 saturated heterocycles. The fourth-order valence-corrected chi connectivity index (χ4v) is 31.3. The molecule has 0 heteroatoms. The van der Waals surface area contributed by atoms with E-state index in [-0.39, 0.29) is 0 Å². The zero-order chi connectivity index (χ0) is 51.3. The third-order valence-electron chi connectivity index (χ3n) is 32.9. The summed E-state index contributed by atoms with van der Waals surface area (Å²) in [7, 11) is 0. The summed E-state index contributed by atoms with van der Waals surface area (Å²) in [4.78, 5) is 0. The Morgan fingerprint density at radius 1 is 0.0897 bits per heavy atom. The highest BCUT2D eigenvalue weighted by Crippen LogP contribution is 2.76. The van der Waals surface area contributed by atoms with Gasteiger partial charge in [0.1, 0.15) is 0 Å². The zero-order valence-electron chi connectivity index (χ0n) is 51.3. The van der Waals surface area contributed by atoms with E-state index in [2.05, 4.69) is 0 Å². The topological polar surface area (TPSA) is 0 Å². The highest BCUT2D eigenvalue weighted by atomic mass is 14.7. The van der Waals surface area contributed by atoms with Crippen LogP contribution in [0.3, 0.4) is 0 Å². The second kappa shape index (κ2) is 23.4. The van der Waals surface area contributed by atoms with Gasteiger partial charge in [-0.05, 0) is 255 Å². The molecule has 438 valence electrons. The molecule has 0 spiro atoms. The molecule has 0 aromatic heterocycles. The van der Waals surface area contributed by atoms with Crippen molar-refractivity contribution in [3.8, 4) is 0 Å². The Labute approximate surface area is 483 Å². The molecule has 24 unspecified atom stereocenters. The molecule has 0 heterocycles. The molecule has 16 fully saturated rings. The molecule has 78 heavy (non-hydrogen) atoms. The van der Waals surface area contributed by atoms with Crippen LogP contribution in [-0.4, -0.2) is 0 Å². The summed E-state index contributed by atoms with van der Waals surface area (Å²) < 4.78 is 0. The molecule has 16 rings (SSSR count). The summed E-state index contributed by atoms with van der Waals surface area (Å²) >= 11 is 0. The minimum absolute atomic E-state index is 1.08. The lowest BCUT2D eigenvalue weighted by Crippen LogP contribution is -2.68. The van der Waals surface area contributed by atoms with Gasteiger partial charge in [-0.15, -0.1) is 0 Å². The van der Waals surface area contributed by atoms with Crippen LogP contribution in [0.2, 0.25) is 0 Å². The van der Waals surface area contributed by atoms with Crippen molar-refractivity contribution >= 4 is 0 Å². The van der Waals surface area contributed by atoms with E-state index in [1.165, 1.54) is 0 Å². The number of fused-ring (bicyclic) bond motifs is 1. The summed E-state index contributed by atoms with van der Waals surface area (Å²) in [6.45, 7) is 0. The normalized spacial score (nSPS) is 52.2. The van der Waals surface area contributed by atoms with Gasteiger partial charge < -0.3 is 0 Å². The molecule has 0 N–H and O–H groups in total. The summed E-state index contributed by atoms with van der Waals surface area (Å²) in [6, 6.07) is 0. The van der Waals surface area contributed by atoms with Crippen LogP contribution in [0.1, 0.15) is 308 Å². The molecule has 0 aromatic rings. The Balaban J connectivity index is 0.944. The SMILES string of the molecule is C1CCC(C2C(C3CCCCC3)C(C3CCCCC3)C3C(C4CCC5CCC6CCCC7CCC4C5C67)C(C4CCCCC4)C(C4CCCCC4)C(C4CCC5CCC6CCCC7CCC4C5C67)C3C2C2CCCCC2)CC1. The molecular formula is C78H126. The molecule has 16 saturated carbocycles. The van der Waals surface area contributed by atoms with Crippen molar-refractivity contribution < 1.29 is 0 Å². The Kier molecular flexibility index (Phi) is 16.0. The van der Waals surface area contributed by atoms with Crippen molar-refractivity contribution in [3.63, 3.8) is 0 Å². The second-order valence-electron chi connectivity index (χ2n) is 35.0. The molecule has 16 aliphatic rings. The van der Waals surface area contributed by atoms with Gasteiger partial charge in [-0.2, -0.15) is 0 Å². The summed E-state index contributed by atoms with van der Waals surface area (Å²) in [5, 5.41) is 0. The first-order chi connectivity index (χ1) is 38.8. The lowest BCUT2D eigenvalue weighted by Gasteiger charge is -2.73. The maximum absolute atomic E-state index is 1.72. The van der Waals surface area contributed by atoms with E-state index in [9.17, 15) is 0 Å². The van der Waals surface area contributed by atoms with Crippen molar-refractivity contribution in [1.82, 2.24) is 0 Å². The minimum atomic E-state index is 1.08. The van der Waals surface area contributed by atoms with Crippen molar-refractivity contribution in [2.24, 2.45) is 178 Å². The van der Waals surface area contributed by atoms with Crippen LogP contribution in [0.5, 0.6) is 0 Å². The maximum atomic E-state index is 1.72. The Bertz CT molecular complexity index is 1780. The summed E-state index contributed by atoms with van der Waals surface area (Å²) in [6.07, 6.45) is 78.7. The lowest BCUT2D eigenvalue weighted by molar-refractivity contribution is -0.252. The van der Waals surface area contributed by atoms with E-state index in [0.717, 1.165) is 178 Å². The smallest absolute Gasteiger partial charge is 0.0312 e. The first-order valence-corrected chi connectivity index (χ1v) is 38.8. The first kappa shape index (κ1) is 53.5. The maximum Gasteiger partial charge on any atom is -0.0312 e. The molecule has 0 bridgehead atoms. The van der Waals surface area contributed by atoms with Crippen molar-refractivity contribution in [2.45, 2.75) is 308 Å². The van der Waals surface area contributed by atoms with E-state index < -0.39 is 0 Å². The first-order valence-electron chi connectivity index (χ1n) is 38.8. The highest BCUT2D eigenvalue weighted by molar-refractivity contribution is 5.18. The van der Waals surface area contributed by atoms with E-state index in [1.807, 2.05) is 0 Å². The van der Waals surface area contributed by atoms with Gasteiger partial charge in [0, 0.05) is 0 Å². The van der Waals surface area contributed by atoms with Crippen LogP contribution in [0.4, 0.5) is 0 Å². The Morgan fingerprint density at radius 2 is 0.256 bits per heavy atom. The summed E-state index contributed by atoms with van der Waals surface area (Å²) in [5.41, 5.74) is 0. The minimum Gasteiger partial charge on any atom is -0.0533 e. The molecule has 0 aromatic carbocycles. The predicted molar refractivity (Wildman–Crippen MR) is 326 cm³/mol. The fourth-order valence-electron chi connectivity index (χ4n) is 31.3. The van der Waals surface area contributed by atoms with Gasteiger partial charge >= 0.3 is 0 Å². The monoisotopic (exact) mass is 1060 g/mol. The van der Waals surface area contributed by atoms with E-state index in [4.69, 9.17) is 0 Å². The average molecular weight is 1060 g/mol. The molecule has 0 nitrogen and oxygen atoms in total. The summed E-state index contributed by atoms with van der Waals surface area (Å²) in [5.74, 6) is 33.3. The lowest BCUT2D eigenvalue weighted by atomic mass is 9.32. The number of hydrogen-bond donors (Lipinski definition) is 0. The van der Waals surface area contributed by atoms with E-state index in [1.54, 1.807) is 308 Å². The van der Waals surface area contributed by atoms with Crippen molar-refractivity contribution in [1.29, 1.82) is 0 Å². The van der Waals surface area contributed by atoms with Gasteiger partial charge in [-0.1, -0.05) is 231 Å². The largest absolute Gasteiger partial charge is 0.0533 e. The molecule has 0 radical (unpaired) electrons. The van der Waals surface area contributed by atoms with Crippen LogP contribution in [0, 0.1) is 178 Å². The van der Waals surface area contributed by atoms with E-state index in [0.29, 0.717) is 0 Å². The van der Waals surface area contributed by atoms with E-state index >= 15 is 0 Å². The van der Waals surface area contributed by atoms with Gasteiger partial charge in [0.2, 0.25) is 0 Å². The Morgan fingerprint density at radius 3 is 0.513 bits per heavy atom. The van der Waals surface area contributed by atoms with Gasteiger partial charge in [0.05, 0.1) is 0 Å². The zero-order valence-corrected chi connectivity index (χ0v) is 51.3. The van der Waals surface area contributed by atoms with Gasteiger partial charge in [0.15, 0.2) is 0 Å². The van der Waals surface area contributed by atoms with Crippen LogP contribution in [0.15, 0.2) is 0 Å². The van der Waals surface area contributed by atoms with Crippen molar-refractivity contribution in [3.05, 3.63) is 0 Å². The molecular weight excluding hydrogens is 937 g/mol. The number of rotatable bonds is 8. The predicted octanol–water partition coefficient (Wildman–Crippen LogP) is 22.4. The highest BCUT2D eigenvalue weighted by Gasteiger charge is 2.70. The number of hydrogen-bond acceptors (Lipinski definition) is 0. The van der Waals surface area contributed by atoms with Gasteiger partial charge in [-0.3, -0.25) is 0 Å². The third-order valence-corrected chi connectivity index (χ3v) is 32.9. The quantitative estimate of drug-likeness (QED) is 0.227. The molecule has 0 amide bonds. The second-order valence-corrected chi connectivity index (χ2v) is 35.0. The van der Waals surface area contributed by atoms with Crippen LogP contribution < -0.4 is 0 Å².